The molecule has 0 saturated heterocycles. The molecular formula is C14H21NO6. The molecule has 0 unspecified atom stereocenters. The topological polar surface area (TPSA) is 130 Å². The molecule has 0 aromatic heterocycles. The molecule has 21 heavy (non-hydrogen) atoms. The van der Waals surface area contributed by atoms with E-state index in [4.69, 9.17) is 10.2 Å². The molecule has 7 nitrogen and oxygen atoms in total. The van der Waals surface area contributed by atoms with Crippen molar-refractivity contribution in [3.8, 4) is 0 Å². The standard InChI is InChI=1S/C14H21NO6/c16-8-10(17)11(18)12(19)13(20)14(21)15-7-6-9-4-2-1-3-5-9/h1-5,10-13,16-20H,6-8H2,(H,15,21)/t10-,11+,12+,13+/m0/s1. The van der Waals surface area contributed by atoms with Crippen molar-refractivity contribution in [1.82, 2.24) is 5.32 Å². The van der Waals surface area contributed by atoms with E-state index in [0.29, 0.717) is 6.42 Å². The summed E-state index contributed by atoms with van der Waals surface area (Å²) in [6, 6.07) is 9.37. The van der Waals surface area contributed by atoms with Crippen LogP contribution in [0.1, 0.15) is 5.56 Å². The number of rotatable bonds is 8. The van der Waals surface area contributed by atoms with Crippen molar-refractivity contribution in [1.29, 1.82) is 0 Å². The van der Waals surface area contributed by atoms with E-state index in [-0.39, 0.29) is 6.54 Å². The van der Waals surface area contributed by atoms with E-state index in [1.807, 2.05) is 30.3 Å². The lowest BCUT2D eigenvalue weighted by atomic mass is 10.0. The number of aliphatic hydroxyl groups is 5. The molecule has 0 radical (unpaired) electrons. The average Bonchev–Trinajstić information content (AvgIpc) is 2.52. The predicted octanol–water partition coefficient (Wildman–Crippen LogP) is -2.22. The Hall–Kier alpha value is -1.51. The van der Waals surface area contributed by atoms with Crippen LogP contribution in [-0.2, 0) is 11.2 Å². The van der Waals surface area contributed by atoms with Gasteiger partial charge in [-0.05, 0) is 12.0 Å². The van der Waals surface area contributed by atoms with Gasteiger partial charge in [-0.2, -0.15) is 0 Å². The van der Waals surface area contributed by atoms with Gasteiger partial charge in [0.2, 0.25) is 0 Å². The Balaban J connectivity index is 2.40. The lowest BCUT2D eigenvalue weighted by Crippen LogP contribution is -2.51. The van der Waals surface area contributed by atoms with Gasteiger partial charge < -0.3 is 30.8 Å². The molecule has 0 heterocycles. The number of benzene rings is 1. The van der Waals surface area contributed by atoms with Crippen molar-refractivity contribution in [2.75, 3.05) is 13.2 Å². The van der Waals surface area contributed by atoms with Gasteiger partial charge >= 0.3 is 0 Å². The molecule has 1 amide bonds. The quantitative estimate of drug-likeness (QED) is 0.322. The molecule has 0 aliphatic carbocycles. The summed E-state index contributed by atoms with van der Waals surface area (Å²) in [6.45, 7) is -0.536. The van der Waals surface area contributed by atoms with Crippen molar-refractivity contribution < 1.29 is 30.3 Å². The smallest absolute Gasteiger partial charge is 0.251 e. The minimum atomic E-state index is -1.89. The Kier molecular flexibility index (Phi) is 7.27. The Morgan fingerprint density at radius 1 is 1.05 bits per heavy atom. The lowest BCUT2D eigenvalue weighted by molar-refractivity contribution is -0.148. The van der Waals surface area contributed by atoms with Crippen molar-refractivity contribution in [2.24, 2.45) is 0 Å². The van der Waals surface area contributed by atoms with Crippen LogP contribution in [0.25, 0.3) is 0 Å². The molecule has 1 rings (SSSR count). The van der Waals surface area contributed by atoms with Gasteiger partial charge in [0.25, 0.3) is 5.91 Å². The summed E-state index contributed by atoms with van der Waals surface area (Å²) < 4.78 is 0. The first-order valence-corrected chi connectivity index (χ1v) is 6.62. The van der Waals surface area contributed by atoms with Crippen LogP contribution in [0, 0.1) is 0 Å². The van der Waals surface area contributed by atoms with Crippen LogP contribution in [0.15, 0.2) is 30.3 Å². The summed E-state index contributed by atoms with van der Waals surface area (Å²) in [4.78, 5) is 11.6. The number of carbonyl (C=O) groups excluding carboxylic acids is 1. The fraction of sp³-hybridized carbons (Fsp3) is 0.500. The minimum absolute atomic E-state index is 0.255. The molecule has 0 aliphatic rings. The van der Waals surface area contributed by atoms with Crippen LogP contribution in [0.2, 0.25) is 0 Å². The molecular weight excluding hydrogens is 278 g/mol. The van der Waals surface area contributed by atoms with E-state index in [2.05, 4.69) is 5.32 Å². The predicted molar refractivity (Wildman–Crippen MR) is 74.3 cm³/mol. The largest absolute Gasteiger partial charge is 0.394 e. The molecule has 4 atom stereocenters. The molecule has 0 spiro atoms. The number of aliphatic hydroxyl groups excluding tert-OH is 5. The highest BCUT2D eigenvalue weighted by molar-refractivity contribution is 5.81. The fourth-order valence-corrected chi connectivity index (χ4v) is 1.76. The van der Waals surface area contributed by atoms with E-state index in [0.717, 1.165) is 5.56 Å². The van der Waals surface area contributed by atoms with Crippen LogP contribution < -0.4 is 5.32 Å². The first kappa shape index (κ1) is 17.5. The summed E-state index contributed by atoms with van der Waals surface area (Å²) in [6.07, 6.45) is -6.67. The molecule has 1 aromatic rings. The SMILES string of the molecule is O=C(NCCc1ccccc1)[C@H](O)[C@H](O)[C@H](O)[C@@H](O)CO. The number of amides is 1. The van der Waals surface area contributed by atoms with Crippen LogP contribution in [0.4, 0.5) is 0 Å². The van der Waals surface area contributed by atoms with E-state index >= 15 is 0 Å². The molecule has 0 saturated carbocycles. The fourth-order valence-electron chi connectivity index (χ4n) is 1.76. The third-order valence-electron chi connectivity index (χ3n) is 3.08. The minimum Gasteiger partial charge on any atom is -0.394 e. The van der Waals surface area contributed by atoms with E-state index in [1.165, 1.54) is 0 Å². The Morgan fingerprint density at radius 2 is 1.67 bits per heavy atom. The highest BCUT2D eigenvalue weighted by atomic mass is 16.4. The van der Waals surface area contributed by atoms with Crippen LogP contribution in [-0.4, -0.2) is 69.0 Å². The first-order chi connectivity index (χ1) is 9.97. The van der Waals surface area contributed by atoms with Gasteiger partial charge in [0.1, 0.15) is 18.3 Å². The zero-order valence-electron chi connectivity index (χ0n) is 11.5. The second kappa shape index (κ2) is 8.71. The molecule has 1 aromatic carbocycles. The summed E-state index contributed by atoms with van der Waals surface area (Å²) in [7, 11) is 0. The van der Waals surface area contributed by atoms with Crippen LogP contribution in [0.3, 0.4) is 0 Å². The zero-order valence-corrected chi connectivity index (χ0v) is 11.5. The van der Waals surface area contributed by atoms with Gasteiger partial charge in [0, 0.05) is 6.54 Å². The maximum atomic E-state index is 11.6. The van der Waals surface area contributed by atoms with Crippen molar-refractivity contribution >= 4 is 5.91 Å². The van der Waals surface area contributed by atoms with E-state index in [1.54, 1.807) is 0 Å². The third-order valence-corrected chi connectivity index (χ3v) is 3.08. The molecule has 7 heteroatoms. The maximum Gasteiger partial charge on any atom is 0.251 e. The average molecular weight is 299 g/mol. The number of carbonyl (C=O) groups is 1. The van der Waals surface area contributed by atoms with Crippen LogP contribution >= 0.6 is 0 Å². The third kappa shape index (κ3) is 5.41. The van der Waals surface area contributed by atoms with Gasteiger partial charge in [-0.1, -0.05) is 30.3 Å². The van der Waals surface area contributed by atoms with E-state index in [9.17, 15) is 20.1 Å². The summed E-state index contributed by atoms with van der Waals surface area (Å²) >= 11 is 0. The maximum absolute atomic E-state index is 11.6. The number of nitrogens with one attached hydrogen (secondary N) is 1. The van der Waals surface area contributed by atoms with Crippen molar-refractivity contribution in [2.45, 2.75) is 30.8 Å². The van der Waals surface area contributed by atoms with Crippen LogP contribution in [0.5, 0.6) is 0 Å². The second-order valence-corrected chi connectivity index (χ2v) is 4.70. The highest BCUT2D eigenvalue weighted by Crippen LogP contribution is 2.05. The second-order valence-electron chi connectivity index (χ2n) is 4.70. The normalized spacial score (nSPS) is 16.8. The first-order valence-electron chi connectivity index (χ1n) is 6.62. The Bertz CT molecular complexity index is 427. The lowest BCUT2D eigenvalue weighted by Gasteiger charge is -2.24. The molecule has 6 N–H and O–H groups in total. The van der Waals surface area contributed by atoms with Crippen molar-refractivity contribution in [3.63, 3.8) is 0 Å². The Labute approximate surface area is 122 Å². The van der Waals surface area contributed by atoms with Gasteiger partial charge in [0.05, 0.1) is 6.61 Å². The molecule has 0 aliphatic heterocycles. The number of hydrogen-bond acceptors (Lipinski definition) is 6. The zero-order chi connectivity index (χ0) is 15.8. The highest BCUT2D eigenvalue weighted by Gasteiger charge is 2.33. The molecule has 0 bridgehead atoms. The molecule has 0 fully saturated rings. The van der Waals surface area contributed by atoms with Gasteiger partial charge in [0.15, 0.2) is 6.10 Å². The van der Waals surface area contributed by atoms with E-state index < -0.39 is 36.9 Å². The van der Waals surface area contributed by atoms with Crippen molar-refractivity contribution in [3.05, 3.63) is 35.9 Å². The summed E-state index contributed by atoms with van der Waals surface area (Å²) in [5.41, 5.74) is 1.00. The summed E-state index contributed by atoms with van der Waals surface area (Å²) in [5.74, 6) is -0.859. The monoisotopic (exact) mass is 299 g/mol. The Morgan fingerprint density at radius 3 is 2.24 bits per heavy atom. The van der Waals surface area contributed by atoms with Gasteiger partial charge in [-0.3, -0.25) is 4.79 Å². The molecule has 118 valence electrons. The van der Waals surface area contributed by atoms with Gasteiger partial charge in [-0.25, -0.2) is 0 Å². The van der Waals surface area contributed by atoms with Gasteiger partial charge in [-0.15, -0.1) is 0 Å². The number of hydrogen-bond donors (Lipinski definition) is 6. The summed E-state index contributed by atoms with van der Waals surface area (Å²) in [5, 5.41) is 48.7.